The Kier molecular flexibility index (Phi) is 4.75. The number of nitrogens with one attached hydrogen (secondary N) is 2. The van der Waals surface area contributed by atoms with Gasteiger partial charge in [0.05, 0.1) is 23.3 Å². The minimum absolute atomic E-state index is 0.167. The SMILES string of the molecule is Cc1ccc(S(=O)(=O)N2CCC[C@@H](C(=O)Nc3cccc4cn[nH]c34)C2)s1. The number of sulfonamides is 1. The first-order chi connectivity index (χ1) is 12.9. The van der Waals surface area contributed by atoms with Crippen molar-refractivity contribution < 1.29 is 13.2 Å². The molecule has 0 saturated carbocycles. The Labute approximate surface area is 161 Å². The van der Waals surface area contributed by atoms with Gasteiger partial charge in [-0.1, -0.05) is 12.1 Å². The second-order valence-corrected chi connectivity index (χ2v) is 10.1. The summed E-state index contributed by atoms with van der Waals surface area (Å²) in [5, 5.41) is 10.7. The van der Waals surface area contributed by atoms with E-state index in [4.69, 9.17) is 0 Å². The third kappa shape index (κ3) is 3.50. The van der Waals surface area contributed by atoms with Crippen LogP contribution in [0.2, 0.25) is 0 Å². The molecular weight excluding hydrogens is 384 g/mol. The summed E-state index contributed by atoms with van der Waals surface area (Å²) in [5.41, 5.74) is 1.42. The van der Waals surface area contributed by atoms with Gasteiger partial charge in [0, 0.05) is 23.4 Å². The number of hydrogen-bond acceptors (Lipinski definition) is 5. The van der Waals surface area contributed by atoms with E-state index >= 15 is 0 Å². The number of carbonyl (C=O) groups is 1. The number of rotatable bonds is 4. The van der Waals surface area contributed by atoms with Crippen molar-refractivity contribution in [1.82, 2.24) is 14.5 Å². The van der Waals surface area contributed by atoms with E-state index in [1.807, 2.05) is 25.1 Å². The van der Waals surface area contributed by atoms with E-state index in [9.17, 15) is 13.2 Å². The van der Waals surface area contributed by atoms with Crippen LogP contribution in [-0.2, 0) is 14.8 Å². The molecule has 1 amide bonds. The van der Waals surface area contributed by atoms with Crippen LogP contribution in [0.3, 0.4) is 0 Å². The molecule has 4 rings (SSSR count). The van der Waals surface area contributed by atoms with E-state index in [1.165, 1.54) is 15.6 Å². The van der Waals surface area contributed by atoms with Gasteiger partial charge in [-0.25, -0.2) is 8.42 Å². The molecule has 3 aromatic rings. The van der Waals surface area contributed by atoms with Crippen molar-refractivity contribution in [3.8, 4) is 0 Å². The number of piperidine rings is 1. The number of para-hydroxylation sites is 1. The van der Waals surface area contributed by atoms with E-state index in [2.05, 4.69) is 15.5 Å². The van der Waals surface area contributed by atoms with Gasteiger partial charge in [-0.3, -0.25) is 9.89 Å². The molecule has 1 aliphatic rings. The van der Waals surface area contributed by atoms with Crippen LogP contribution in [0.1, 0.15) is 17.7 Å². The molecule has 0 spiro atoms. The fourth-order valence-electron chi connectivity index (χ4n) is 3.36. The number of anilines is 1. The van der Waals surface area contributed by atoms with E-state index < -0.39 is 10.0 Å². The zero-order valence-electron chi connectivity index (χ0n) is 14.8. The smallest absolute Gasteiger partial charge is 0.252 e. The number of fused-ring (bicyclic) bond motifs is 1. The Morgan fingerprint density at radius 2 is 2.19 bits per heavy atom. The van der Waals surface area contributed by atoms with Gasteiger partial charge in [0.1, 0.15) is 4.21 Å². The molecule has 2 N–H and O–H groups in total. The number of aromatic amines is 1. The summed E-state index contributed by atoms with van der Waals surface area (Å²) < 4.78 is 27.5. The third-order valence-electron chi connectivity index (χ3n) is 4.80. The lowest BCUT2D eigenvalue weighted by Crippen LogP contribution is -2.43. The predicted octanol–water partition coefficient (Wildman–Crippen LogP) is 2.97. The van der Waals surface area contributed by atoms with Crippen molar-refractivity contribution in [1.29, 1.82) is 0 Å². The highest BCUT2D eigenvalue weighted by Crippen LogP contribution is 2.29. The Bertz CT molecular complexity index is 1090. The van der Waals surface area contributed by atoms with Crippen molar-refractivity contribution in [2.24, 2.45) is 5.92 Å². The molecule has 3 heterocycles. The fraction of sp³-hybridized carbons (Fsp3) is 0.333. The Morgan fingerprint density at radius 1 is 1.33 bits per heavy atom. The van der Waals surface area contributed by atoms with Crippen LogP contribution < -0.4 is 5.32 Å². The first-order valence-corrected chi connectivity index (χ1v) is 11.0. The zero-order chi connectivity index (χ0) is 19.0. The van der Waals surface area contributed by atoms with Crippen LogP contribution in [-0.4, -0.2) is 41.9 Å². The first kappa shape index (κ1) is 18.1. The van der Waals surface area contributed by atoms with Gasteiger partial charge in [0.15, 0.2) is 0 Å². The van der Waals surface area contributed by atoms with Crippen LogP contribution in [0.4, 0.5) is 5.69 Å². The summed E-state index contributed by atoms with van der Waals surface area (Å²) in [6, 6.07) is 9.01. The summed E-state index contributed by atoms with van der Waals surface area (Å²) in [6.07, 6.45) is 3.03. The average Bonchev–Trinajstić information content (AvgIpc) is 3.31. The van der Waals surface area contributed by atoms with Crippen LogP contribution in [0, 0.1) is 12.8 Å². The summed E-state index contributed by atoms with van der Waals surface area (Å²) in [6.45, 7) is 2.52. The number of nitrogens with zero attached hydrogens (tertiary/aromatic N) is 2. The topological polar surface area (TPSA) is 95.2 Å². The number of aryl methyl sites for hydroxylation is 1. The lowest BCUT2D eigenvalue weighted by Gasteiger charge is -2.30. The van der Waals surface area contributed by atoms with Crippen molar-refractivity contribution in [2.75, 3.05) is 18.4 Å². The number of hydrogen-bond donors (Lipinski definition) is 2. The molecule has 1 saturated heterocycles. The molecule has 0 bridgehead atoms. The molecular formula is C18H20N4O3S2. The van der Waals surface area contributed by atoms with Crippen LogP contribution >= 0.6 is 11.3 Å². The third-order valence-corrected chi connectivity index (χ3v) is 8.13. The van der Waals surface area contributed by atoms with E-state index in [1.54, 1.807) is 18.3 Å². The maximum Gasteiger partial charge on any atom is 0.252 e. The summed E-state index contributed by atoms with van der Waals surface area (Å²) >= 11 is 1.26. The number of aromatic nitrogens is 2. The largest absolute Gasteiger partial charge is 0.324 e. The molecule has 1 fully saturated rings. The summed E-state index contributed by atoms with van der Waals surface area (Å²) in [5.74, 6) is -0.549. The van der Waals surface area contributed by atoms with Gasteiger partial charge < -0.3 is 5.32 Å². The van der Waals surface area contributed by atoms with Gasteiger partial charge in [-0.15, -0.1) is 11.3 Å². The van der Waals surface area contributed by atoms with Crippen LogP contribution in [0.5, 0.6) is 0 Å². The van der Waals surface area contributed by atoms with Gasteiger partial charge in [0.2, 0.25) is 5.91 Å². The number of amides is 1. The normalized spacial score (nSPS) is 18.6. The van der Waals surface area contributed by atoms with Crippen molar-refractivity contribution in [3.63, 3.8) is 0 Å². The molecule has 142 valence electrons. The monoisotopic (exact) mass is 404 g/mol. The highest BCUT2D eigenvalue weighted by Gasteiger charge is 2.34. The Hall–Kier alpha value is -2.23. The lowest BCUT2D eigenvalue weighted by molar-refractivity contribution is -0.120. The molecule has 27 heavy (non-hydrogen) atoms. The summed E-state index contributed by atoms with van der Waals surface area (Å²) in [7, 11) is -3.55. The number of benzene rings is 1. The minimum Gasteiger partial charge on any atom is -0.324 e. The Morgan fingerprint density at radius 3 is 2.96 bits per heavy atom. The lowest BCUT2D eigenvalue weighted by atomic mass is 9.98. The molecule has 9 heteroatoms. The standard InChI is InChI=1S/C18H20N4O3S2/c1-12-7-8-16(26-12)27(24,25)22-9-3-5-14(11-22)18(23)20-15-6-2-4-13-10-19-21-17(13)15/h2,4,6-8,10,14H,3,5,9,11H2,1H3,(H,19,21)(H,20,23)/t14-/m1/s1. The van der Waals surface area contributed by atoms with Crippen molar-refractivity contribution >= 4 is 43.9 Å². The van der Waals surface area contributed by atoms with Crippen LogP contribution in [0.15, 0.2) is 40.7 Å². The maximum atomic E-state index is 12.9. The Balaban J connectivity index is 1.51. The molecule has 0 unspecified atom stereocenters. The highest BCUT2D eigenvalue weighted by molar-refractivity contribution is 7.91. The van der Waals surface area contributed by atoms with Gasteiger partial charge >= 0.3 is 0 Å². The van der Waals surface area contributed by atoms with Gasteiger partial charge in [0.25, 0.3) is 10.0 Å². The van der Waals surface area contributed by atoms with E-state index in [0.717, 1.165) is 15.8 Å². The molecule has 0 aliphatic carbocycles. The predicted molar refractivity (Wildman–Crippen MR) is 105 cm³/mol. The number of thiophene rings is 1. The highest BCUT2D eigenvalue weighted by atomic mass is 32.2. The van der Waals surface area contributed by atoms with Crippen molar-refractivity contribution in [3.05, 3.63) is 41.4 Å². The van der Waals surface area contributed by atoms with Gasteiger partial charge in [-0.05, 0) is 38.0 Å². The molecule has 2 aromatic heterocycles. The molecule has 1 aromatic carbocycles. The second kappa shape index (κ2) is 7.06. The number of carbonyl (C=O) groups excluding carboxylic acids is 1. The second-order valence-electron chi connectivity index (χ2n) is 6.70. The maximum absolute atomic E-state index is 12.9. The fourth-order valence-corrected chi connectivity index (χ4v) is 6.32. The van der Waals surface area contributed by atoms with Crippen molar-refractivity contribution in [2.45, 2.75) is 24.0 Å². The molecule has 7 nitrogen and oxygen atoms in total. The average molecular weight is 405 g/mol. The molecule has 1 atom stereocenters. The van der Waals surface area contributed by atoms with E-state index in [0.29, 0.717) is 29.3 Å². The van der Waals surface area contributed by atoms with E-state index in [-0.39, 0.29) is 18.4 Å². The quantitative estimate of drug-likeness (QED) is 0.699. The summed E-state index contributed by atoms with van der Waals surface area (Å²) in [4.78, 5) is 13.7. The van der Waals surface area contributed by atoms with Crippen LogP contribution in [0.25, 0.3) is 10.9 Å². The molecule has 0 radical (unpaired) electrons. The molecule has 1 aliphatic heterocycles. The zero-order valence-corrected chi connectivity index (χ0v) is 16.4. The number of H-pyrrole nitrogens is 1. The van der Waals surface area contributed by atoms with Gasteiger partial charge in [-0.2, -0.15) is 9.40 Å². The first-order valence-electron chi connectivity index (χ1n) is 8.75. The minimum atomic E-state index is -3.55.